The topological polar surface area (TPSA) is 43.4 Å². The van der Waals surface area contributed by atoms with Gasteiger partial charge in [-0.15, -0.1) is 0 Å². The molecule has 22 heavy (non-hydrogen) atoms. The number of hydrogen-bond donors (Lipinski definition) is 1. The van der Waals surface area contributed by atoms with Crippen LogP contribution in [0.1, 0.15) is 51.9 Å². The van der Waals surface area contributed by atoms with Crippen LogP contribution in [0.2, 0.25) is 0 Å². The standard InChI is InChI=1S/C17H26O3S2/c1-3-4-11-17(12-5-6-15(21)13-17)22(18,19)16-9-7-14(20-2)8-10-16/h7-10,15,21H,3-6,11-13H2,1-2H3/t15-,17+/m1/s1. The molecule has 124 valence electrons. The first-order valence-electron chi connectivity index (χ1n) is 8.02. The molecule has 0 aliphatic heterocycles. The van der Waals surface area contributed by atoms with E-state index in [1.807, 2.05) is 0 Å². The van der Waals surface area contributed by atoms with E-state index in [1.54, 1.807) is 31.4 Å². The molecule has 3 nitrogen and oxygen atoms in total. The second-order valence-corrected chi connectivity index (χ2v) is 9.29. The maximum Gasteiger partial charge on any atom is 0.184 e. The summed E-state index contributed by atoms with van der Waals surface area (Å²) in [5, 5.41) is 0.179. The van der Waals surface area contributed by atoms with Gasteiger partial charge in [0, 0.05) is 5.25 Å². The van der Waals surface area contributed by atoms with E-state index >= 15 is 0 Å². The van der Waals surface area contributed by atoms with Crippen molar-refractivity contribution in [3.8, 4) is 5.75 Å². The highest BCUT2D eigenvalue weighted by molar-refractivity contribution is 7.93. The summed E-state index contributed by atoms with van der Waals surface area (Å²) in [6, 6.07) is 6.79. The molecule has 0 amide bonds. The molecular formula is C17H26O3S2. The summed E-state index contributed by atoms with van der Waals surface area (Å²) in [6.45, 7) is 2.11. The molecule has 2 rings (SSSR count). The number of unbranched alkanes of at least 4 members (excludes halogenated alkanes) is 1. The zero-order valence-electron chi connectivity index (χ0n) is 13.4. The Balaban J connectivity index is 2.39. The van der Waals surface area contributed by atoms with Crippen molar-refractivity contribution in [1.82, 2.24) is 0 Å². The smallest absolute Gasteiger partial charge is 0.184 e. The second-order valence-electron chi connectivity index (χ2n) is 6.22. The van der Waals surface area contributed by atoms with E-state index in [0.29, 0.717) is 17.1 Å². The molecule has 1 aromatic rings. The summed E-state index contributed by atoms with van der Waals surface area (Å²) in [4.78, 5) is 0.409. The Morgan fingerprint density at radius 2 is 2.00 bits per heavy atom. The Morgan fingerprint density at radius 1 is 1.32 bits per heavy atom. The third kappa shape index (κ3) is 3.46. The van der Waals surface area contributed by atoms with E-state index in [0.717, 1.165) is 38.5 Å². The molecule has 0 spiro atoms. The molecule has 1 aromatic carbocycles. The van der Waals surface area contributed by atoms with Crippen LogP contribution in [0.5, 0.6) is 5.75 Å². The Kier molecular flexibility index (Phi) is 5.83. The Hall–Kier alpha value is -0.680. The molecule has 2 atom stereocenters. The maximum atomic E-state index is 13.3. The predicted octanol–water partition coefficient (Wildman–Crippen LogP) is 4.27. The van der Waals surface area contributed by atoms with Gasteiger partial charge in [0.15, 0.2) is 9.84 Å². The SMILES string of the molecule is CCCC[C@]1(S(=O)(=O)c2ccc(OC)cc2)CCC[C@@H](S)C1. The average Bonchev–Trinajstić information content (AvgIpc) is 2.53. The van der Waals surface area contributed by atoms with Gasteiger partial charge in [-0.2, -0.15) is 12.6 Å². The Bertz CT molecular complexity index is 580. The molecule has 1 aliphatic carbocycles. The number of hydrogen-bond acceptors (Lipinski definition) is 4. The third-order valence-electron chi connectivity index (χ3n) is 4.70. The fourth-order valence-electron chi connectivity index (χ4n) is 3.40. The number of rotatable bonds is 6. The predicted molar refractivity (Wildman–Crippen MR) is 93.7 cm³/mol. The van der Waals surface area contributed by atoms with Crippen LogP contribution in [0.4, 0.5) is 0 Å². The molecule has 0 heterocycles. The molecule has 0 aromatic heterocycles. The van der Waals surface area contributed by atoms with Crippen molar-refractivity contribution < 1.29 is 13.2 Å². The molecule has 0 unspecified atom stereocenters. The lowest BCUT2D eigenvalue weighted by atomic mass is 9.84. The number of ether oxygens (including phenoxy) is 1. The maximum absolute atomic E-state index is 13.3. The first-order chi connectivity index (χ1) is 10.4. The summed E-state index contributed by atoms with van der Waals surface area (Å²) in [5.41, 5.74) is 0. The molecule has 1 fully saturated rings. The number of methoxy groups -OCH3 is 1. The summed E-state index contributed by atoms with van der Waals surface area (Å²) < 4.78 is 31.0. The van der Waals surface area contributed by atoms with E-state index in [1.165, 1.54) is 0 Å². The van der Waals surface area contributed by atoms with Crippen LogP contribution in [0, 0.1) is 0 Å². The summed E-state index contributed by atoms with van der Waals surface area (Å²) in [6.07, 6.45) is 6.03. The lowest BCUT2D eigenvalue weighted by Crippen LogP contribution is -2.43. The number of sulfone groups is 1. The highest BCUT2D eigenvalue weighted by atomic mass is 32.2. The van der Waals surface area contributed by atoms with Gasteiger partial charge in [0.05, 0.1) is 16.8 Å². The van der Waals surface area contributed by atoms with Crippen molar-refractivity contribution >= 4 is 22.5 Å². The van der Waals surface area contributed by atoms with Crippen molar-refractivity contribution in [1.29, 1.82) is 0 Å². The Morgan fingerprint density at radius 3 is 2.55 bits per heavy atom. The highest BCUT2D eigenvalue weighted by Gasteiger charge is 2.46. The normalized spacial score (nSPS) is 25.9. The molecular weight excluding hydrogens is 316 g/mol. The average molecular weight is 343 g/mol. The van der Waals surface area contributed by atoms with Gasteiger partial charge in [0.25, 0.3) is 0 Å². The van der Waals surface area contributed by atoms with Gasteiger partial charge in [0.1, 0.15) is 5.75 Å². The van der Waals surface area contributed by atoms with Crippen LogP contribution >= 0.6 is 12.6 Å². The first-order valence-corrected chi connectivity index (χ1v) is 10.0. The van der Waals surface area contributed by atoms with Crippen LogP contribution in [0.15, 0.2) is 29.2 Å². The fraction of sp³-hybridized carbons (Fsp3) is 0.647. The van der Waals surface area contributed by atoms with Gasteiger partial charge < -0.3 is 4.74 Å². The Labute approximate surface area is 139 Å². The van der Waals surface area contributed by atoms with E-state index in [4.69, 9.17) is 4.74 Å². The van der Waals surface area contributed by atoms with Crippen molar-refractivity contribution in [2.24, 2.45) is 0 Å². The largest absolute Gasteiger partial charge is 0.497 e. The lowest BCUT2D eigenvalue weighted by Gasteiger charge is -2.39. The zero-order chi connectivity index (χ0) is 16.2. The number of benzene rings is 1. The molecule has 0 radical (unpaired) electrons. The molecule has 1 aliphatic rings. The first kappa shape index (κ1) is 17.7. The minimum atomic E-state index is -3.36. The van der Waals surface area contributed by atoms with Crippen molar-refractivity contribution in [3.63, 3.8) is 0 Å². The minimum Gasteiger partial charge on any atom is -0.497 e. The van der Waals surface area contributed by atoms with E-state index in [2.05, 4.69) is 19.6 Å². The van der Waals surface area contributed by atoms with Crippen LogP contribution in [0.25, 0.3) is 0 Å². The van der Waals surface area contributed by atoms with Crippen molar-refractivity contribution in [3.05, 3.63) is 24.3 Å². The molecule has 1 saturated carbocycles. The summed E-state index contributed by atoms with van der Waals surface area (Å²) in [5.74, 6) is 0.678. The van der Waals surface area contributed by atoms with Gasteiger partial charge in [-0.05, 0) is 49.9 Å². The van der Waals surface area contributed by atoms with Crippen molar-refractivity contribution in [2.45, 2.75) is 66.8 Å². The van der Waals surface area contributed by atoms with E-state index < -0.39 is 14.6 Å². The highest BCUT2D eigenvalue weighted by Crippen LogP contribution is 2.44. The molecule has 5 heteroatoms. The number of thiol groups is 1. The molecule has 0 N–H and O–H groups in total. The summed E-state index contributed by atoms with van der Waals surface area (Å²) in [7, 11) is -1.78. The molecule has 0 saturated heterocycles. The van der Waals surface area contributed by atoms with E-state index in [-0.39, 0.29) is 5.25 Å². The monoisotopic (exact) mass is 342 g/mol. The van der Waals surface area contributed by atoms with Gasteiger partial charge in [0.2, 0.25) is 0 Å². The van der Waals surface area contributed by atoms with Crippen LogP contribution in [0.3, 0.4) is 0 Å². The second kappa shape index (κ2) is 7.26. The van der Waals surface area contributed by atoms with E-state index in [9.17, 15) is 8.42 Å². The van der Waals surface area contributed by atoms with Gasteiger partial charge >= 0.3 is 0 Å². The van der Waals surface area contributed by atoms with Crippen LogP contribution < -0.4 is 4.74 Å². The van der Waals surface area contributed by atoms with Gasteiger partial charge in [-0.25, -0.2) is 8.42 Å². The summed E-state index contributed by atoms with van der Waals surface area (Å²) >= 11 is 4.59. The van der Waals surface area contributed by atoms with Crippen molar-refractivity contribution in [2.75, 3.05) is 7.11 Å². The zero-order valence-corrected chi connectivity index (χ0v) is 15.1. The quantitative estimate of drug-likeness (QED) is 0.785. The van der Waals surface area contributed by atoms with Gasteiger partial charge in [-0.1, -0.05) is 26.2 Å². The third-order valence-corrected chi connectivity index (χ3v) is 7.75. The minimum absolute atomic E-state index is 0.179. The molecule has 0 bridgehead atoms. The lowest BCUT2D eigenvalue weighted by molar-refractivity contribution is 0.354. The fourth-order valence-corrected chi connectivity index (χ4v) is 6.30. The van der Waals surface area contributed by atoms with Crippen LogP contribution in [-0.2, 0) is 9.84 Å². The van der Waals surface area contributed by atoms with Crippen LogP contribution in [-0.4, -0.2) is 25.5 Å². The van der Waals surface area contributed by atoms with Gasteiger partial charge in [-0.3, -0.25) is 0 Å².